The van der Waals surface area contributed by atoms with Crippen molar-refractivity contribution in [3.8, 4) is 11.4 Å². The third kappa shape index (κ3) is 5.47. The number of hydrogen-bond donors (Lipinski definition) is 2. The molecular weight excluding hydrogens is 364 g/mol. The fraction of sp³-hybridized carbons (Fsp3) is 0.500. The SMILES string of the molecule is CC(C)COc1cn(-c2ccccc2)nc1C(=O)NC1CCCNC1C.Cl. The Morgan fingerprint density at radius 3 is 2.78 bits per heavy atom. The molecule has 3 rings (SSSR count). The summed E-state index contributed by atoms with van der Waals surface area (Å²) in [6, 6.07) is 10.1. The van der Waals surface area contributed by atoms with Crippen LogP contribution in [0.15, 0.2) is 36.5 Å². The molecule has 1 saturated heterocycles. The maximum atomic E-state index is 12.9. The van der Waals surface area contributed by atoms with E-state index >= 15 is 0 Å². The van der Waals surface area contributed by atoms with Gasteiger partial charge in [-0.2, -0.15) is 5.10 Å². The van der Waals surface area contributed by atoms with Crippen LogP contribution in [-0.4, -0.2) is 40.9 Å². The number of aromatic nitrogens is 2. The third-order valence-corrected chi connectivity index (χ3v) is 4.57. The van der Waals surface area contributed by atoms with Crippen molar-refractivity contribution in [3.05, 3.63) is 42.2 Å². The Kier molecular flexibility index (Phi) is 7.68. The van der Waals surface area contributed by atoms with Gasteiger partial charge < -0.3 is 15.4 Å². The molecule has 1 aliphatic heterocycles. The summed E-state index contributed by atoms with van der Waals surface area (Å²) < 4.78 is 7.58. The van der Waals surface area contributed by atoms with Crippen LogP contribution in [-0.2, 0) is 0 Å². The van der Waals surface area contributed by atoms with E-state index in [2.05, 4.69) is 36.5 Å². The van der Waals surface area contributed by atoms with Crippen molar-refractivity contribution in [2.75, 3.05) is 13.2 Å². The number of para-hydroxylation sites is 1. The summed E-state index contributed by atoms with van der Waals surface area (Å²) in [5, 5.41) is 11.0. The predicted molar refractivity (Wildman–Crippen MR) is 109 cm³/mol. The van der Waals surface area contributed by atoms with Gasteiger partial charge in [-0.1, -0.05) is 32.0 Å². The van der Waals surface area contributed by atoms with E-state index in [1.807, 2.05) is 30.3 Å². The van der Waals surface area contributed by atoms with Crippen molar-refractivity contribution in [2.24, 2.45) is 5.92 Å². The number of rotatable bonds is 6. The van der Waals surface area contributed by atoms with Crippen LogP contribution in [0.1, 0.15) is 44.1 Å². The number of carbonyl (C=O) groups excluding carboxylic acids is 1. The molecule has 2 heterocycles. The van der Waals surface area contributed by atoms with Crippen molar-refractivity contribution < 1.29 is 9.53 Å². The zero-order valence-electron chi connectivity index (χ0n) is 16.1. The number of carbonyl (C=O) groups is 1. The maximum absolute atomic E-state index is 12.9. The molecule has 27 heavy (non-hydrogen) atoms. The van der Waals surface area contributed by atoms with Gasteiger partial charge in [0.1, 0.15) is 0 Å². The Bertz CT molecular complexity index is 733. The number of ether oxygens (including phenoxy) is 1. The number of benzene rings is 1. The fourth-order valence-electron chi connectivity index (χ4n) is 3.07. The van der Waals surface area contributed by atoms with Crippen molar-refractivity contribution in [3.63, 3.8) is 0 Å². The van der Waals surface area contributed by atoms with Crippen molar-refractivity contribution in [1.29, 1.82) is 0 Å². The van der Waals surface area contributed by atoms with Crippen LogP contribution in [0.2, 0.25) is 0 Å². The van der Waals surface area contributed by atoms with E-state index in [4.69, 9.17) is 4.74 Å². The van der Waals surface area contributed by atoms with Crippen LogP contribution in [0, 0.1) is 5.92 Å². The second-order valence-corrected chi connectivity index (χ2v) is 7.29. The molecule has 148 valence electrons. The summed E-state index contributed by atoms with van der Waals surface area (Å²) in [6.45, 7) is 7.80. The summed E-state index contributed by atoms with van der Waals surface area (Å²) in [4.78, 5) is 12.9. The average Bonchev–Trinajstić information content (AvgIpc) is 3.07. The predicted octanol–water partition coefficient (Wildman–Crippen LogP) is 3.20. The van der Waals surface area contributed by atoms with E-state index in [9.17, 15) is 4.79 Å². The molecule has 0 saturated carbocycles. The topological polar surface area (TPSA) is 68.2 Å². The molecule has 1 aromatic carbocycles. The number of nitrogens with zero attached hydrogens (tertiary/aromatic N) is 2. The van der Waals surface area contributed by atoms with Crippen LogP contribution in [0.25, 0.3) is 5.69 Å². The zero-order valence-corrected chi connectivity index (χ0v) is 17.0. The molecule has 0 bridgehead atoms. The number of amides is 1. The largest absolute Gasteiger partial charge is 0.489 e. The Morgan fingerprint density at radius 1 is 1.37 bits per heavy atom. The third-order valence-electron chi connectivity index (χ3n) is 4.57. The molecule has 1 aromatic heterocycles. The second kappa shape index (κ2) is 9.76. The van der Waals surface area contributed by atoms with E-state index in [1.54, 1.807) is 10.9 Å². The first-order chi connectivity index (χ1) is 12.5. The number of piperidine rings is 1. The first-order valence-corrected chi connectivity index (χ1v) is 9.36. The van der Waals surface area contributed by atoms with Crippen LogP contribution in [0.3, 0.4) is 0 Å². The molecule has 2 N–H and O–H groups in total. The molecule has 2 unspecified atom stereocenters. The first kappa shape index (κ1) is 21.3. The number of halogens is 1. The molecule has 1 fully saturated rings. The normalized spacial score (nSPS) is 19.4. The molecule has 0 radical (unpaired) electrons. The monoisotopic (exact) mass is 392 g/mol. The quantitative estimate of drug-likeness (QED) is 0.792. The lowest BCUT2D eigenvalue weighted by molar-refractivity contribution is 0.0909. The van der Waals surface area contributed by atoms with Gasteiger partial charge in [0.05, 0.1) is 18.5 Å². The van der Waals surface area contributed by atoms with Gasteiger partial charge >= 0.3 is 0 Å². The Morgan fingerprint density at radius 2 is 2.11 bits per heavy atom. The highest BCUT2D eigenvalue weighted by Gasteiger charge is 2.26. The van der Waals surface area contributed by atoms with Crippen LogP contribution < -0.4 is 15.4 Å². The molecular formula is C20H29ClN4O2. The minimum Gasteiger partial charge on any atom is -0.489 e. The van der Waals surface area contributed by atoms with Crippen molar-refractivity contribution in [1.82, 2.24) is 20.4 Å². The Labute approximate surface area is 167 Å². The van der Waals surface area contributed by atoms with Gasteiger partial charge in [0, 0.05) is 12.1 Å². The van der Waals surface area contributed by atoms with Gasteiger partial charge in [0.2, 0.25) is 0 Å². The lowest BCUT2D eigenvalue weighted by Crippen LogP contribution is -2.52. The Hall–Kier alpha value is -2.05. The zero-order chi connectivity index (χ0) is 18.5. The molecule has 2 atom stereocenters. The van der Waals surface area contributed by atoms with Gasteiger partial charge in [-0.15, -0.1) is 12.4 Å². The molecule has 1 amide bonds. The summed E-state index contributed by atoms with van der Waals surface area (Å²) in [7, 11) is 0. The molecule has 2 aromatic rings. The lowest BCUT2D eigenvalue weighted by Gasteiger charge is -2.30. The molecule has 7 heteroatoms. The maximum Gasteiger partial charge on any atom is 0.275 e. The fourth-order valence-corrected chi connectivity index (χ4v) is 3.07. The van der Waals surface area contributed by atoms with E-state index < -0.39 is 0 Å². The van der Waals surface area contributed by atoms with Gasteiger partial charge in [-0.25, -0.2) is 4.68 Å². The molecule has 0 spiro atoms. The lowest BCUT2D eigenvalue weighted by atomic mass is 10.00. The molecule has 6 nitrogen and oxygen atoms in total. The number of nitrogens with one attached hydrogen (secondary N) is 2. The van der Waals surface area contributed by atoms with Crippen LogP contribution >= 0.6 is 12.4 Å². The minimum absolute atomic E-state index is 0. The second-order valence-electron chi connectivity index (χ2n) is 7.29. The smallest absolute Gasteiger partial charge is 0.275 e. The van der Waals surface area contributed by atoms with E-state index in [1.165, 1.54) is 0 Å². The first-order valence-electron chi connectivity index (χ1n) is 9.36. The van der Waals surface area contributed by atoms with E-state index in [0.717, 1.165) is 25.1 Å². The standard InChI is InChI=1S/C20H28N4O2.ClH/c1-14(2)13-26-18-12-24(16-8-5-4-6-9-16)23-19(18)20(25)22-17-10-7-11-21-15(17)3;/h4-6,8-9,12,14-15,17,21H,7,10-11,13H2,1-3H3,(H,22,25);1H. The summed E-state index contributed by atoms with van der Waals surface area (Å²) in [5.74, 6) is 0.712. The highest BCUT2D eigenvalue weighted by molar-refractivity contribution is 5.95. The average molecular weight is 393 g/mol. The Balaban J connectivity index is 0.00000261. The van der Waals surface area contributed by atoms with Gasteiger partial charge in [-0.05, 0) is 44.4 Å². The molecule has 1 aliphatic rings. The van der Waals surface area contributed by atoms with Crippen LogP contribution in [0.4, 0.5) is 0 Å². The van der Waals surface area contributed by atoms with Crippen molar-refractivity contribution >= 4 is 18.3 Å². The highest BCUT2D eigenvalue weighted by Crippen LogP contribution is 2.21. The van der Waals surface area contributed by atoms with Gasteiger partial charge in [-0.3, -0.25) is 4.79 Å². The van der Waals surface area contributed by atoms with Crippen molar-refractivity contribution in [2.45, 2.75) is 45.7 Å². The van der Waals surface area contributed by atoms with E-state index in [0.29, 0.717) is 24.0 Å². The van der Waals surface area contributed by atoms with E-state index in [-0.39, 0.29) is 30.4 Å². The highest BCUT2D eigenvalue weighted by atomic mass is 35.5. The minimum atomic E-state index is -0.181. The van der Waals surface area contributed by atoms with Gasteiger partial charge in [0.15, 0.2) is 11.4 Å². The number of hydrogen-bond acceptors (Lipinski definition) is 4. The van der Waals surface area contributed by atoms with Crippen LogP contribution in [0.5, 0.6) is 5.75 Å². The molecule has 0 aliphatic carbocycles. The summed E-state index contributed by atoms with van der Waals surface area (Å²) in [5.41, 5.74) is 1.24. The summed E-state index contributed by atoms with van der Waals surface area (Å²) >= 11 is 0. The summed E-state index contributed by atoms with van der Waals surface area (Å²) in [6.07, 6.45) is 3.82. The van der Waals surface area contributed by atoms with Gasteiger partial charge in [0.25, 0.3) is 5.91 Å².